The van der Waals surface area contributed by atoms with Crippen molar-refractivity contribution in [2.75, 3.05) is 17.6 Å². The second-order valence-electron chi connectivity index (χ2n) is 7.86. The second-order valence-corrected chi connectivity index (χ2v) is 16.8. The fourth-order valence-electron chi connectivity index (χ4n) is 2.40. The zero-order chi connectivity index (χ0) is 21.3. The predicted octanol–water partition coefficient (Wildman–Crippen LogP) is 1.85. The van der Waals surface area contributed by atoms with Crippen LogP contribution >= 0.6 is 11.3 Å². The van der Waals surface area contributed by atoms with Crippen molar-refractivity contribution in [3.63, 3.8) is 0 Å². The quantitative estimate of drug-likeness (QED) is 0.343. The number of hydrogen-bond donors (Lipinski definition) is 2. The summed E-state index contributed by atoms with van der Waals surface area (Å²) in [6, 6.07) is 2.34. The number of thiophene rings is 1. The molecule has 0 aliphatic rings. The number of hydrogen-bond acceptors (Lipinski definition) is 8. The molecule has 0 aliphatic heterocycles. The number of sulfonamides is 1. The Kier molecular flexibility index (Phi) is 7.16. The summed E-state index contributed by atoms with van der Waals surface area (Å²) in [5.41, 5.74) is 0.518. The molecule has 28 heavy (non-hydrogen) atoms. The van der Waals surface area contributed by atoms with Crippen molar-refractivity contribution in [3.8, 4) is 0 Å². The minimum absolute atomic E-state index is 0.0625. The van der Waals surface area contributed by atoms with Crippen LogP contribution in [0, 0.1) is 20.8 Å². The van der Waals surface area contributed by atoms with Gasteiger partial charge in [0.15, 0.2) is 5.82 Å². The molecule has 0 amide bonds. The zero-order valence-electron chi connectivity index (χ0n) is 17.0. The minimum atomic E-state index is -4.14. The van der Waals surface area contributed by atoms with Crippen molar-refractivity contribution in [3.05, 3.63) is 22.3 Å². The summed E-state index contributed by atoms with van der Waals surface area (Å²) in [4.78, 5) is 0.648. The molecule has 2 rings (SSSR count). The summed E-state index contributed by atoms with van der Waals surface area (Å²) in [5.74, 6) is 0.636. The highest BCUT2D eigenvalue weighted by molar-refractivity contribution is 7.95. The standard InChI is InChI=1S/C16H27BN2O6S2Si/c1-11-9-14(17(20)21)16(26-11)27(22,23)19(10-24-7-8-28(4,5)6)15-12(2)13(3)25-18-15/h9,20-21H,7-8,10H2,1-6H3. The molecule has 2 heterocycles. The predicted molar refractivity (Wildman–Crippen MR) is 113 cm³/mol. The van der Waals surface area contributed by atoms with Crippen molar-refractivity contribution in [2.45, 2.75) is 50.7 Å². The molecule has 0 saturated heterocycles. The highest BCUT2D eigenvalue weighted by Crippen LogP contribution is 2.30. The normalized spacial score (nSPS) is 12.4. The monoisotopic (exact) mass is 446 g/mol. The van der Waals surface area contributed by atoms with Crippen molar-refractivity contribution >= 4 is 47.8 Å². The van der Waals surface area contributed by atoms with Gasteiger partial charge in [0.25, 0.3) is 10.0 Å². The Morgan fingerprint density at radius 2 is 1.93 bits per heavy atom. The van der Waals surface area contributed by atoms with E-state index in [0.29, 0.717) is 22.8 Å². The molecule has 0 bridgehead atoms. The van der Waals surface area contributed by atoms with E-state index < -0.39 is 25.2 Å². The van der Waals surface area contributed by atoms with Crippen LogP contribution in [0.5, 0.6) is 0 Å². The first kappa shape index (κ1) is 23.1. The Bertz CT molecular complexity index is 920. The third kappa shape index (κ3) is 5.25. The molecule has 0 aromatic carbocycles. The lowest BCUT2D eigenvalue weighted by atomic mass is 9.82. The molecule has 2 aromatic heterocycles. The fourth-order valence-corrected chi connectivity index (χ4v) is 6.28. The van der Waals surface area contributed by atoms with E-state index in [1.165, 1.54) is 6.07 Å². The number of anilines is 1. The lowest BCUT2D eigenvalue weighted by Crippen LogP contribution is -2.40. The molecule has 12 heteroatoms. The molecule has 2 N–H and O–H groups in total. The molecule has 156 valence electrons. The lowest BCUT2D eigenvalue weighted by Gasteiger charge is -2.23. The van der Waals surface area contributed by atoms with Gasteiger partial charge in [-0.15, -0.1) is 11.3 Å². The van der Waals surface area contributed by atoms with Crippen molar-refractivity contribution in [1.29, 1.82) is 0 Å². The fraction of sp³-hybridized carbons (Fsp3) is 0.562. The third-order valence-corrected chi connectivity index (χ3v) is 9.23. The Morgan fingerprint density at radius 1 is 1.29 bits per heavy atom. The molecule has 0 radical (unpaired) electrons. The van der Waals surface area contributed by atoms with E-state index in [1.807, 2.05) is 0 Å². The van der Waals surface area contributed by atoms with Gasteiger partial charge in [0.05, 0.1) is 0 Å². The van der Waals surface area contributed by atoms with Gasteiger partial charge in [-0.05, 0) is 32.9 Å². The Balaban J connectivity index is 2.42. The molecule has 0 atom stereocenters. The molecule has 0 aliphatic carbocycles. The maximum absolute atomic E-state index is 13.4. The van der Waals surface area contributed by atoms with Crippen molar-refractivity contribution < 1.29 is 27.7 Å². The number of aryl methyl sites for hydroxylation is 2. The van der Waals surface area contributed by atoms with Crippen molar-refractivity contribution in [1.82, 2.24) is 5.16 Å². The van der Waals surface area contributed by atoms with Gasteiger partial charge in [0.1, 0.15) is 16.7 Å². The van der Waals surface area contributed by atoms with Gasteiger partial charge < -0.3 is 19.3 Å². The van der Waals surface area contributed by atoms with Crippen LogP contribution in [-0.4, -0.2) is 52.2 Å². The first-order valence-electron chi connectivity index (χ1n) is 8.84. The topological polar surface area (TPSA) is 113 Å². The molecule has 0 fully saturated rings. The van der Waals surface area contributed by atoms with E-state index in [4.69, 9.17) is 9.26 Å². The largest absolute Gasteiger partial charge is 0.490 e. The van der Waals surface area contributed by atoms with Gasteiger partial charge in [0.2, 0.25) is 0 Å². The van der Waals surface area contributed by atoms with Gasteiger partial charge in [-0.25, -0.2) is 12.7 Å². The SMILES string of the molecule is Cc1cc(B(O)O)c(S(=O)(=O)N(COCC[Si](C)(C)C)c2noc(C)c2C)s1. The van der Waals surface area contributed by atoms with Crippen LogP contribution in [0.3, 0.4) is 0 Å². The van der Waals surface area contributed by atoms with E-state index in [9.17, 15) is 18.5 Å². The summed E-state index contributed by atoms with van der Waals surface area (Å²) < 4.78 is 38.5. The molecule has 2 aromatic rings. The summed E-state index contributed by atoms with van der Waals surface area (Å²) >= 11 is 0.972. The maximum atomic E-state index is 13.4. The van der Waals surface area contributed by atoms with Crippen LogP contribution < -0.4 is 9.77 Å². The summed E-state index contributed by atoms with van der Waals surface area (Å²) in [5, 5.41) is 23.1. The zero-order valence-corrected chi connectivity index (χ0v) is 19.6. The molecule has 0 unspecified atom stereocenters. The van der Waals surface area contributed by atoms with Crippen LogP contribution in [-0.2, 0) is 14.8 Å². The summed E-state index contributed by atoms with van der Waals surface area (Å²) in [6.45, 7) is 11.9. The number of ether oxygens (including phenoxy) is 1. The summed E-state index contributed by atoms with van der Waals surface area (Å²) in [7, 11) is -7.37. The highest BCUT2D eigenvalue weighted by atomic mass is 32.2. The number of rotatable bonds is 9. The van der Waals surface area contributed by atoms with Crippen LogP contribution in [0.25, 0.3) is 0 Å². The maximum Gasteiger partial charge on any atom is 0.490 e. The van der Waals surface area contributed by atoms with E-state index in [0.717, 1.165) is 21.7 Å². The number of nitrogens with zero attached hydrogens (tertiary/aromatic N) is 2. The third-order valence-electron chi connectivity index (χ3n) is 4.22. The van der Waals surface area contributed by atoms with Crippen LogP contribution in [0.4, 0.5) is 5.82 Å². The van der Waals surface area contributed by atoms with Crippen molar-refractivity contribution in [2.24, 2.45) is 0 Å². The van der Waals surface area contributed by atoms with Gasteiger partial charge in [-0.3, -0.25) is 0 Å². The smallest absolute Gasteiger partial charge is 0.423 e. The van der Waals surface area contributed by atoms with Gasteiger partial charge >= 0.3 is 7.12 Å². The van der Waals surface area contributed by atoms with Gasteiger partial charge in [-0.1, -0.05) is 24.8 Å². The molecule has 8 nitrogen and oxygen atoms in total. The number of aromatic nitrogens is 1. The lowest BCUT2D eigenvalue weighted by molar-refractivity contribution is 0.155. The minimum Gasteiger partial charge on any atom is -0.423 e. The first-order valence-corrected chi connectivity index (χ1v) is 14.8. The molecule has 0 spiro atoms. The Hall–Kier alpha value is -1.18. The van der Waals surface area contributed by atoms with Crippen LogP contribution in [0.15, 0.2) is 14.8 Å². The van der Waals surface area contributed by atoms with E-state index >= 15 is 0 Å². The van der Waals surface area contributed by atoms with E-state index in [-0.39, 0.29) is 22.2 Å². The van der Waals surface area contributed by atoms with Gasteiger partial charge in [-0.2, -0.15) is 0 Å². The Labute approximate surface area is 171 Å². The first-order chi connectivity index (χ1) is 12.8. The van der Waals surface area contributed by atoms with Crippen LogP contribution in [0.2, 0.25) is 25.7 Å². The Morgan fingerprint density at radius 3 is 2.43 bits per heavy atom. The molecular formula is C16H27BN2O6S2Si. The summed E-state index contributed by atoms with van der Waals surface area (Å²) in [6.07, 6.45) is 0. The molecular weight excluding hydrogens is 419 g/mol. The van der Waals surface area contributed by atoms with Crippen LogP contribution in [0.1, 0.15) is 16.2 Å². The average Bonchev–Trinajstić information content (AvgIpc) is 3.11. The second kappa shape index (κ2) is 8.68. The average molecular weight is 446 g/mol. The van der Waals surface area contributed by atoms with Gasteiger partial charge in [0, 0.05) is 30.6 Å². The molecule has 0 saturated carbocycles. The van der Waals surface area contributed by atoms with E-state index in [2.05, 4.69) is 24.8 Å². The van der Waals surface area contributed by atoms with E-state index in [1.54, 1.807) is 20.8 Å². The highest BCUT2D eigenvalue weighted by Gasteiger charge is 2.35.